The maximum Gasteiger partial charge on any atom is 0.227 e. The molecule has 1 N–H and O–H groups in total. The quantitative estimate of drug-likeness (QED) is 0.477. The molecular weight excluding hydrogens is 390 g/mol. The van der Waals surface area contributed by atoms with Gasteiger partial charge in [0.2, 0.25) is 17.6 Å². The third-order valence-electron chi connectivity index (χ3n) is 3.96. The zero-order chi connectivity index (χ0) is 20.5. The van der Waals surface area contributed by atoms with Crippen LogP contribution in [0.5, 0.6) is 11.5 Å². The van der Waals surface area contributed by atoms with Crippen LogP contribution >= 0.6 is 11.3 Å². The Morgan fingerprint density at radius 1 is 1.14 bits per heavy atom. The molecule has 0 saturated carbocycles. The number of amides is 1. The normalized spacial score (nSPS) is 10.7. The van der Waals surface area contributed by atoms with Crippen molar-refractivity contribution in [3.8, 4) is 22.9 Å². The van der Waals surface area contributed by atoms with Gasteiger partial charge < -0.3 is 19.3 Å². The molecule has 0 atom stereocenters. The first-order chi connectivity index (χ1) is 14.2. The van der Waals surface area contributed by atoms with Crippen LogP contribution in [0.2, 0.25) is 0 Å². The predicted molar refractivity (Wildman–Crippen MR) is 113 cm³/mol. The van der Waals surface area contributed by atoms with Gasteiger partial charge in [0.05, 0.1) is 13.2 Å². The minimum Gasteiger partial charge on any atom is -0.490 e. The van der Waals surface area contributed by atoms with E-state index < -0.39 is 0 Å². The smallest absolute Gasteiger partial charge is 0.227 e. The van der Waals surface area contributed by atoms with E-state index in [1.165, 1.54) is 0 Å². The number of benzene rings is 1. The molecular formula is C21H25N3O4S. The van der Waals surface area contributed by atoms with E-state index >= 15 is 0 Å². The Hall–Kier alpha value is -2.87. The summed E-state index contributed by atoms with van der Waals surface area (Å²) in [6, 6.07) is 7.35. The lowest BCUT2D eigenvalue weighted by Crippen LogP contribution is -2.12. The van der Waals surface area contributed by atoms with Crippen LogP contribution in [0.15, 0.2) is 39.5 Å². The number of carbonyl (C=O) groups is 1. The number of anilines is 1. The van der Waals surface area contributed by atoms with Crippen LogP contribution < -0.4 is 14.8 Å². The van der Waals surface area contributed by atoms with Gasteiger partial charge in [-0.15, -0.1) is 0 Å². The fraction of sp³-hybridized carbons (Fsp3) is 0.381. The van der Waals surface area contributed by atoms with Gasteiger partial charge >= 0.3 is 0 Å². The number of rotatable bonds is 11. The van der Waals surface area contributed by atoms with Crippen molar-refractivity contribution in [2.75, 3.05) is 18.5 Å². The van der Waals surface area contributed by atoms with Gasteiger partial charge in [-0.2, -0.15) is 16.3 Å². The summed E-state index contributed by atoms with van der Waals surface area (Å²) in [5.74, 6) is 2.17. The monoisotopic (exact) mass is 415 g/mol. The number of aryl methyl sites for hydroxylation is 1. The van der Waals surface area contributed by atoms with Gasteiger partial charge in [-0.25, -0.2) is 0 Å². The second-order valence-corrected chi connectivity index (χ2v) is 7.21. The van der Waals surface area contributed by atoms with Crippen molar-refractivity contribution in [3.63, 3.8) is 0 Å². The van der Waals surface area contributed by atoms with E-state index in [1.54, 1.807) is 17.4 Å². The van der Waals surface area contributed by atoms with E-state index in [-0.39, 0.29) is 12.3 Å². The van der Waals surface area contributed by atoms with Crippen molar-refractivity contribution in [2.45, 2.75) is 39.5 Å². The van der Waals surface area contributed by atoms with Gasteiger partial charge in [0.25, 0.3) is 0 Å². The van der Waals surface area contributed by atoms with Crippen molar-refractivity contribution in [1.82, 2.24) is 10.1 Å². The van der Waals surface area contributed by atoms with Crippen LogP contribution in [0, 0.1) is 0 Å². The number of carbonyl (C=O) groups excluding carboxylic acids is 1. The highest BCUT2D eigenvalue weighted by Gasteiger charge is 2.12. The Labute approximate surface area is 174 Å². The largest absolute Gasteiger partial charge is 0.490 e. The summed E-state index contributed by atoms with van der Waals surface area (Å²) in [5, 5.41) is 10.7. The first-order valence-corrected chi connectivity index (χ1v) is 10.7. The molecule has 0 unspecified atom stereocenters. The molecule has 2 heterocycles. The topological polar surface area (TPSA) is 86.5 Å². The first-order valence-electron chi connectivity index (χ1n) is 9.74. The van der Waals surface area contributed by atoms with Gasteiger partial charge in [-0.05, 0) is 36.4 Å². The highest BCUT2D eigenvalue weighted by atomic mass is 32.1. The minimum atomic E-state index is -0.135. The van der Waals surface area contributed by atoms with E-state index in [2.05, 4.69) is 15.5 Å². The maximum absolute atomic E-state index is 12.3. The summed E-state index contributed by atoms with van der Waals surface area (Å²) >= 11 is 1.57. The SMILES string of the molecule is CCCOc1ccc(NC(=O)CCc2nc(-c3ccsc3)no2)cc1OCCC. The molecule has 8 heteroatoms. The van der Waals surface area contributed by atoms with E-state index in [0.29, 0.717) is 48.5 Å². The van der Waals surface area contributed by atoms with Crippen molar-refractivity contribution in [2.24, 2.45) is 0 Å². The van der Waals surface area contributed by atoms with Crippen LogP contribution in [0.25, 0.3) is 11.4 Å². The fourth-order valence-electron chi connectivity index (χ4n) is 2.55. The Kier molecular flexibility index (Phi) is 7.63. The molecule has 0 bridgehead atoms. The van der Waals surface area contributed by atoms with E-state index in [4.69, 9.17) is 14.0 Å². The number of hydrogen-bond acceptors (Lipinski definition) is 7. The molecule has 7 nitrogen and oxygen atoms in total. The van der Waals surface area contributed by atoms with Crippen LogP contribution in [0.1, 0.15) is 39.0 Å². The number of nitrogens with one attached hydrogen (secondary N) is 1. The number of aromatic nitrogens is 2. The molecule has 29 heavy (non-hydrogen) atoms. The standard InChI is InChI=1S/C21H25N3O4S/c1-3-10-26-17-6-5-16(13-18(17)27-11-4-2)22-19(25)7-8-20-23-21(24-28-20)15-9-12-29-14-15/h5-6,9,12-14H,3-4,7-8,10-11H2,1-2H3,(H,22,25). The maximum atomic E-state index is 12.3. The fourth-order valence-corrected chi connectivity index (χ4v) is 3.19. The summed E-state index contributed by atoms with van der Waals surface area (Å²) in [5.41, 5.74) is 1.58. The summed E-state index contributed by atoms with van der Waals surface area (Å²) in [4.78, 5) is 16.7. The Balaban J connectivity index is 1.56. The highest BCUT2D eigenvalue weighted by Crippen LogP contribution is 2.31. The lowest BCUT2D eigenvalue weighted by molar-refractivity contribution is -0.116. The summed E-state index contributed by atoms with van der Waals surface area (Å²) in [6.07, 6.45) is 2.42. The molecule has 3 aromatic rings. The third kappa shape index (κ3) is 6.05. The molecule has 0 aliphatic rings. The number of nitrogens with zero attached hydrogens (tertiary/aromatic N) is 2. The predicted octanol–water partition coefficient (Wildman–Crippen LogP) is 4.95. The van der Waals surface area contributed by atoms with Crippen molar-refractivity contribution >= 4 is 22.9 Å². The van der Waals surface area contributed by atoms with Crippen molar-refractivity contribution < 1.29 is 18.8 Å². The summed E-state index contributed by atoms with van der Waals surface area (Å²) in [6.45, 7) is 5.29. The molecule has 1 amide bonds. The summed E-state index contributed by atoms with van der Waals surface area (Å²) < 4.78 is 16.7. The average molecular weight is 416 g/mol. The Morgan fingerprint density at radius 2 is 1.93 bits per heavy atom. The minimum absolute atomic E-state index is 0.135. The molecule has 2 aromatic heterocycles. The van der Waals surface area contributed by atoms with E-state index in [9.17, 15) is 4.79 Å². The lowest BCUT2D eigenvalue weighted by Gasteiger charge is -2.14. The van der Waals surface area contributed by atoms with Crippen LogP contribution in [0.3, 0.4) is 0 Å². The third-order valence-corrected chi connectivity index (χ3v) is 4.65. The van der Waals surface area contributed by atoms with Gasteiger partial charge in [0, 0.05) is 35.5 Å². The van der Waals surface area contributed by atoms with Gasteiger partial charge in [0.15, 0.2) is 11.5 Å². The molecule has 154 valence electrons. The van der Waals surface area contributed by atoms with E-state index in [0.717, 1.165) is 18.4 Å². The molecule has 0 spiro atoms. The van der Waals surface area contributed by atoms with Crippen molar-refractivity contribution in [3.05, 3.63) is 40.9 Å². The van der Waals surface area contributed by atoms with Crippen LogP contribution in [-0.2, 0) is 11.2 Å². The van der Waals surface area contributed by atoms with Crippen LogP contribution in [0.4, 0.5) is 5.69 Å². The molecule has 0 radical (unpaired) electrons. The zero-order valence-corrected chi connectivity index (χ0v) is 17.5. The van der Waals surface area contributed by atoms with Gasteiger partial charge in [0.1, 0.15) is 0 Å². The summed E-state index contributed by atoms with van der Waals surface area (Å²) in [7, 11) is 0. The van der Waals surface area contributed by atoms with Crippen LogP contribution in [-0.4, -0.2) is 29.3 Å². The Bertz CT molecular complexity index is 909. The molecule has 1 aromatic carbocycles. The second-order valence-electron chi connectivity index (χ2n) is 6.43. The van der Waals surface area contributed by atoms with Gasteiger partial charge in [-0.1, -0.05) is 19.0 Å². The first kappa shape index (κ1) is 20.9. The molecule has 0 aliphatic carbocycles. The second kappa shape index (κ2) is 10.6. The molecule has 0 fully saturated rings. The van der Waals surface area contributed by atoms with Crippen molar-refractivity contribution in [1.29, 1.82) is 0 Å². The number of ether oxygens (including phenoxy) is 2. The van der Waals surface area contributed by atoms with E-state index in [1.807, 2.05) is 42.8 Å². The molecule has 0 saturated heterocycles. The van der Waals surface area contributed by atoms with Gasteiger partial charge in [-0.3, -0.25) is 4.79 Å². The lowest BCUT2D eigenvalue weighted by atomic mass is 10.2. The zero-order valence-electron chi connectivity index (χ0n) is 16.6. The molecule has 3 rings (SSSR count). The Morgan fingerprint density at radius 3 is 2.66 bits per heavy atom. The highest BCUT2D eigenvalue weighted by molar-refractivity contribution is 7.08. The average Bonchev–Trinajstić information content (AvgIpc) is 3.41. The molecule has 0 aliphatic heterocycles. The number of thiophene rings is 1. The number of hydrogen-bond donors (Lipinski definition) is 1.